The number of carbonyl (C=O) groups excluding carboxylic acids is 1. The van der Waals surface area contributed by atoms with Crippen LogP contribution >= 0.6 is 0 Å². The largest absolute Gasteiger partial charge is 0.375 e. The molecule has 2 aromatic rings. The second kappa shape index (κ2) is 7.00. The number of hydrogen-bond donors (Lipinski definition) is 0. The summed E-state index contributed by atoms with van der Waals surface area (Å²) in [5.74, 6) is 1.17. The molecule has 2 fully saturated rings. The molecule has 5 nitrogen and oxygen atoms in total. The van der Waals surface area contributed by atoms with Gasteiger partial charge in [0.2, 0.25) is 5.91 Å². The maximum absolute atomic E-state index is 12.6. The van der Waals surface area contributed by atoms with Gasteiger partial charge in [-0.2, -0.15) is 0 Å². The van der Waals surface area contributed by atoms with Crippen molar-refractivity contribution in [2.45, 2.75) is 50.8 Å². The molecule has 0 N–H and O–H groups in total. The van der Waals surface area contributed by atoms with E-state index in [0.29, 0.717) is 13.0 Å². The average Bonchev–Trinajstić information content (AvgIpc) is 3.24. The summed E-state index contributed by atoms with van der Waals surface area (Å²) in [6.07, 6.45) is 8.42. The fourth-order valence-corrected chi connectivity index (χ4v) is 3.98. The molecule has 25 heavy (non-hydrogen) atoms. The molecule has 0 radical (unpaired) electrons. The van der Waals surface area contributed by atoms with E-state index in [1.54, 1.807) is 0 Å². The molecule has 0 aliphatic carbocycles. The zero-order valence-electron chi connectivity index (χ0n) is 14.6. The first kappa shape index (κ1) is 16.3. The molecule has 3 heterocycles. The van der Waals surface area contributed by atoms with Gasteiger partial charge in [-0.3, -0.25) is 4.79 Å². The van der Waals surface area contributed by atoms with Crippen LogP contribution in [0.5, 0.6) is 0 Å². The van der Waals surface area contributed by atoms with Crippen LogP contribution in [0.4, 0.5) is 0 Å². The van der Waals surface area contributed by atoms with Crippen molar-refractivity contribution in [3.63, 3.8) is 0 Å². The van der Waals surface area contributed by atoms with Crippen molar-refractivity contribution in [3.8, 4) is 0 Å². The molecule has 1 aromatic carbocycles. The number of carbonyl (C=O) groups is 1. The van der Waals surface area contributed by atoms with Gasteiger partial charge in [-0.25, -0.2) is 4.98 Å². The van der Waals surface area contributed by atoms with Crippen molar-refractivity contribution < 1.29 is 9.53 Å². The summed E-state index contributed by atoms with van der Waals surface area (Å²) in [5, 5.41) is 0. The third kappa shape index (κ3) is 3.61. The predicted molar refractivity (Wildman–Crippen MR) is 95.0 cm³/mol. The molecule has 132 valence electrons. The van der Waals surface area contributed by atoms with Gasteiger partial charge in [-0.15, -0.1) is 0 Å². The van der Waals surface area contributed by atoms with Crippen LogP contribution in [0.2, 0.25) is 0 Å². The normalized spacial score (nSPS) is 24.0. The lowest BCUT2D eigenvalue weighted by atomic mass is 9.92. The Morgan fingerprint density at radius 3 is 2.80 bits per heavy atom. The molecule has 0 saturated carbocycles. The molecule has 5 heteroatoms. The summed E-state index contributed by atoms with van der Waals surface area (Å²) in [6.45, 7) is 2.96. The SMILES string of the molecule is O=C1CCC2(CCCO2)CCN1Cc1nccn1Cc1ccccc1. The Balaban J connectivity index is 1.45. The van der Waals surface area contributed by atoms with E-state index in [2.05, 4.69) is 21.7 Å². The van der Waals surface area contributed by atoms with E-state index in [4.69, 9.17) is 4.74 Å². The number of likely N-dealkylation sites (tertiary alicyclic amines) is 1. The van der Waals surface area contributed by atoms with Crippen molar-refractivity contribution in [3.05, 3.63) is 54.1 Å². The monoisotopic (exact) mass is 339 g/mol. The van der Waals surface area contributed by atoms with E-state index in [-0.39, 0.29) is 11.5 Å². The van der Waals surface area contributed by atoms with Crippen LogP contribution in [0.15, 0.2) is 42.7 Å². The van der Waals surface area contributed by atoms with Crippen molar-refractivity contribution in [1.29, 1.82) is 0 Å². The predicted octanol–water partition coefficient (Wildman–Crippen LogP) is 2.99. The Labute approximate surface area is 148 Å². The molecule has 1 amide bonds. The zero-order valence-corrected chi connectivity index (χ0v) is 14.6. The summed E-state index contributed by atoms with van der Waals surface area (Å²) >= 11 is 0. The van der Waals surface area contributed by atoms with Crippen LogP contribution in [-0.2, 0) is 22.6 Å². The minimum atomic E-state index is -0.0517. The maximum Gasteiger partial charge on any atom is 0.223 e. The highest BCUT2D eigenvalue weighted by molar-refractivity contribution is 5.76. The van der Waals surface area contributed by atoms with E-state index < -0.39 is 0 Å². The van der Waals surface area contributed by atoms with Gasteiger partial charge in [0, 0.05) is 38.5 Å². The first-order chi connectivity index (χ1) is 12.2. The molecule has 2 aliphatic rings. The van der Waals surface area contributed by atoms with Crippen LogP contribution in [0, 0.1) is 0 Å². The van der Waals surface area contributed by atoms with Gasteiger partial charge < -0.3 is 14.2 Å². The maximum atomic E-state index is 12.6. The second-order valence-electron chi connectivity index (χ2n) is 7.16. The van der Waals surface area contributed by atoms with Gasteiger partial charge in [-0.05, 0) is 31.2 Å². The van der Waals surface area contributed by atoms with Crippen LogP contribution in [0.3, 0.4) is 0 Å². The first-order valence-electron chi connectivity index (χ1n) is 9.20. The van der Waals surface area contributed by atoms with Crippen LogP contribution in [-0.4, -0.2) is 39.1 Å². The van der Waals surface area contributed by atoms with Gasteiger partial charge in [0.1, 0.15) is 5.82 Å². The lowest BCUT2D eigenvalue weighted by Gasteiger charge is -2.26. The van der Waals surface area contributed by atoms with Gasteiger partial charge in [0.05, 0.1) is 12.1 Å². The van der Waals surface area contributed by atoms with Crippen molar-refractivity contribution in [2.75, 3.05) is 13.2 Å². The van der Waals surface area contributed by atoms with Crippen LogP contribution in [0.25, 0.3) is 0 Å². The minimum absolute atomic E-state index is 0.0517. The van der Waals surface area contributed by atoms with E-state index in [0.717, 1.165) is 51.2 Å². The summed E-state index contributed by atoms with van der Waals surface area (Å²) in [5.41, 5.74) is 1.19. The molecular formula is C20H25N3O2. The number of nitrogens with zero attached hydrogens (tertiary/aromatic N) is 3. The van der Waals surface area contributed by atoms with Crippen molar-refractivity contribution >= 4 is 5.91 Å². The summed E-state index contributed by atoms with van der Waals surface area (Å²) < 4.78 is 8.13. The quantitative estimate of drug-likeness (QED) is 0.860. The number of amides is 1. The Bertz CT molecular complexity index is 720. The molecular weight excluding hydrogens is 314 g/mol. The lowest BCUT2D eigenvalue weighted by molar-refractivity contribution is -0.131. The lowest BCUT2D eigenvalue weighted by Crippen LogP contribution is -2.32. The molecule has 2 saturated heterocycles. The number of rotatable bonds is 4. The van der Waals surface area contributed by atoms with Crippen molar-refractivity contribution in [1.82, 2.24) is 14.5 Å². The molecule has 0 bridgehead atoms. The topological polar surface area (TPSA) is 47.4 Å². The minimum Gasteiger partial charge on any atom is -0.375 e. The second-order valence-corrected chi connectivity index (χ2v) is 7.16. The van der Waals surface area contributed by atoms with Gasteiger partial charge >= 0.3 is 0 Å². The number of hydrogen-bond acceptors (Lipinski definition) is 3. The fourth-order valence-electron chi connectivity index (χ4n) is 3.98. The summed E-state index contributed by atoms with van der Waals surface area (Å²) in [7, 11) is 0. The number of ether oxygens (including phenoxy) is 1. The van der Waals surface area contributed by atoms with E-state index >= 15 is 0 Å². The highest BCUT2D eigenvalue weighted by Gasteiger charge is 2.38. The molecule has 2 aliphatic heterocycles. The zero-order chi connectivity index (χ0) is 17.1. The summed E-state index contributed by atoms with van der Waals surface area (Å²) in [4.78, 5) is 19.0. The number of aromatic nitrogens is 2. The van der Waals surface area contributed by atoms with Gasteiger partial charge in [0.25, 0.3) is 0 Å². The van der Waals surface area contributed by atoms with Gasteiger partial charge in [0.15, 0.2) is 0 Å². The third-order valence-corrected chi connectivity index (χ3v) is 5.50. The Morgan fingerprint density at radius 1 is 1.12 bits per heavy atom. The third-order valence-electron chi connectivity index (χ3n) is 5.50. The molecule has 1 aromatic heterocycles. The highest BCUT2D eigenvalue weighted by atomic mass is 16.5. The standard InChI is InChI=1S/C20H25N3O2/c24-19-7-9-20(8-4-14-25-20)10-12-23(19)16-18-21-11-13-22(18)15-17-5-2-1-3-6-17/h1-3,5-6,11,13H,4,7-10,12,14-16H2. The smallest absolute Gasteiger partial charge is 0.223 e. The average molecular weight is 339 g/mol. The van der Waals surface area contributed by atoms with Crippen LogP contribution in [0.1, 0.15) is 43.5 Å². The molecule has 1 unspecified atom stereocenters. The van der Waals surface area contributed by atoms with Gasteiger partial charge in [-0.1, -0.05) is 30.3 Å². The van der Waals surface area contributed by atoms with E-state index in [1.807, 2.05) is 35.5 Å². The summed E-state index contributed by atoms with van der Waals surface area (Å²) in [6, 6.07) is 10.3. The molecule has 1 spiro atoms. The van der Waals surface area contributed by atoms with E-state index in [1.165, 1.54) is 5.56 Å². The Morgan fingerprint density at radius 2 is 2.00 bits per heavy atom. The van der Waals surface area contributed by atoms with E-state index in [9.17, 15) is 4.79 Å². The Hall–Kier alpha value is -2.14. The Kier molecular flexibility index (Phi) is 4.57. The molecule has 1 atom stereocenters. The number of benzene rings is 1. The van der Waals surface area contributed by atoms with Crippen molar-refractivity contribution in [2.24, 2.45) is 0 Å². The first-order valence-corrected chi connectivity index (χ1v) is 9.20. The van der Waals surface area contributed by atoms with Crippen LogP contribution < -0.4 is 0 Å². The fraction of sp³-hybridized carbons (Fsp3) is 0.500. The highest BCUT2D eigenvalue weighted by Crippen LogP contribution is 2.36. The molecule has 4 rings (SSSR count). The number of imidazole rings is 1.